The first kappa shape index (κ1) is 19.9. The Hall–Kier alpha value is -2.84. The van der Waals surface area contributed by atoms with Crippen molar-refractivity contribution in [3.63, 3.8) is 0 Å². The third kappa shape index (κ3) is 3.74. The van der Waals surface area contributed by atoms with Crippen LogP contribution in [0.1, 0.15) is 18.1 Å². The predicted octanol–water partition coefficient (Wildman–Crippen LogP) is 3.33. The molecule has 2 aromatic carbocycles. The summed E-state index contributed by atoms with van der Waals surface area (Å²) < 4.78 is 5.20. The average Bonchev–Trinajstić information content (AvgIpc) is 2.89. The Balaban J connectivity index is 1.75. The molecule has 7 nitrogen and oxygen atoms in total. The van der Waals surface area contributed by atoms with E-state index < -0.39 is 17.5 Å². The van der Waals surface area contributed by atoms with Gasteiger partial charge in [0, 0.05) is 10.7 Å². The zero-order valence-electron chi connectivity index (χ0n) is 15.5. The van der Waals surface area contributed by atoms with E-state index in [2.05, 4.69) is 16.1 Å². The number of ether oxygens (including phenoxy) is 1. The van der Waals surface area contributed by atoms with E-state index in [1.165, 1.54) is 7.11 Å². The highest BCUT2D eigenvalue weighted by Crippen LogP contribution is 2.30. The molecule has 3 amide bonds. The molecule has 1 atom stereocenters. The lowest BCUT2D eigenvalue weighted by atomic mass is 9.92. The molecule has 0 spiro atoms. The first-order chi connectivity index (χ1) is 13.2. The third-order valence-corrected chi connectivity index (χ3v) is 5.08. The Labute approximate surface area is 173 Å². The van der Waals surface area contributed by atoms with Gasteiger partial charge in [0.25, 0.3) is 5.91 Å². The maximum Gasteiger partial charge on any atom is 0.344 e. The van der Waals surface area contributed by atoms with Gasteiger partial charge < -0.3 is 15.4 Å². The van der Waals surface area contributed by atoms with Crippen molar-refractivity contribution in [1.82, 2.24) is 15.8 Å². The summed E-state index contributed by atoms with van der Waals surface area (Å²) in [5, 5.41) is 7.11. The van der Waals surface area contributed by atoms with E-state index in [-0.39, 0.29) is 5.11 Å². The van der Waals surface area contributed by atoms with Crippen molar-refractivity contribution in [2.45, 2.75) is 19.4 Å². The molecular formula is C19H19ClN4O3S. The van der Waals surface area contributed by atoms with Gasteiger partial charge in [-0.1, -0.05) is 29.8 Å². The number of carbonyl (C=O) groups is 2. The molecule has 9 heteroatoms. The number of anilines is 1. The third-order valence-electron chi connectivity index (χ3n) is 4.48. The van der Waals surface area contributed by atoms with E-state index in [1.54, 1.807) is 43.3 Å². The Kier molecular flexibility index (Phi) is 5.44. The highest BCUT2D eigenvalue weighted by molar-refractivity contribution is 7.80. The van der Waals surface area contributed by atoms with E-state index in [9.17, 15) is 9.59 Å². The number of aryl methyl sites for hydroxylation is 1. The summed E-state index contributed by atoms with van der Waals surface area (Å²) in [5.41, 5.74) is 3.54. The number of nitrogens with one attached hydrogen (secondary N) is 3. The van der Waals surface area contributed by atoms with Crippen LogP contribution >= 0.6 is 23.8 Å². The van der Waals surface area contributed by atoms with Crippen molar-refractivity contribution in [3.05, 3.63) is 58.6 Å². The first-order valence-corrected chi connectivity index (χ1v) is 9.18. The van der Waals surface area contributed by atoms with Crippen LogP contribution in [0.3, 0.4) is 0 Å². The van der Waals surface area contributed by atoms with E-state index in [1.807, 2.05) is 13.0 Å². The zero-order chi connectivity index (χ0) is 20.5. The largest absolute Gasteiger partial charge is 0.497 e. The fraction of sp³-hybridized carbons (Fsp3) is 0.211. The maximum atomic E-state index is 13.0. The van der Waals surface area contributed by atoms with Gasteiger partial charge in [0.2, 0.25) is 0 Å². The van der Waals surface area contributed by atoms with Crippen molar-refractivity contribution >= 4 is 46.6 Å². The summed E-state index contributed by atoms with van der Waals surface area (Å²) in [5.74, 6) is 0.0949. The number of amides is 3. The molecule has 1 heterocycles. The second-order valence-electron chi connectivity index (χ2n) is 6.46. The highest BCUT2D eigenvalue weighted by atomic mass is 35.5. The van der Waals surface area contributed by atoms with Crippen LogP contribution in [0.4, 0.5) is 10.5 Å². The number of imide groups is 1. The highest BCUT2D eigenvalue weighted by Gasteiger charge is 2.50. The van der Waals surface area contributed by atoms with E-state index >= 15 is 0 Å². The molecule has 0 aliphatic carbocycles. The lowest BCUT2D eigenvalue weighted by Crippen LogP contribution is -2.49. The summed E-state index contributed by atoms with van der Waals surface area (Å²) in [6.45, 7) is 3.51. The van der Waals surface area contributed by atoms with Crippen molar-refractivity contribution in [2.75, 3.05) is 12.4 Å². The van der Waals surface area contributed by atoms with Crippen LogP contribution in [0.15, 0.2) is 42.5 Å². The SMILES string of the molecule is COc1cccc([C@@]2(C)NC(=O)N(NC(=S)Nc3ccc(C)c(Cl)c3)C2=O)c1. The lowest BCUT2D eigenvalue weighted by Gasteiger charge is -2.23. The Morgan fingerprint density at radius 3 is 2.68 bits per heavy atom. The van der Waals surface area contributed by atoms with Gasteiger partial charge in [0.05, 0.1) is 7.11 Å². The number of methoxy groups -OCH3 is 1. The lowest BCUT2D eigenvalue weighted by molar-refractivity contribution is -0.132. The molecule has 0 aromatic heterocycles. The number of urea groups is 1. The molecular weight excluding hydrogens is 400 g/mol. The fourth-order valence-electron chi connectivity index (χ4n) is 2.80. The Bertz CT molecular complexity index is 968. The van der Waals surface area contributed by atoms with Crippen LogP contribution in [-0.4, -0.2) is 29.2 Å². The van der Waals surface area contributed by atoms with Crippen molar-refractivity contribution in [3.8, 4) is 5.75 Å². The number of benzene rings is 2. The average molecular weight is 419 g/mol. The van der Waals surface area contributed by atoms with Gasteiger partial charge in [-0.2, -0.15) is 5.01 Å². The molecule has 1 aliphatic rings. The normalized spacial score (nSPS) is 18.6. The van der Waals surface area contributed by atoms with E-state index in [4.69, 9.17) is 28.6 Å². The van der Waals surface area contributed by atoms with Gasteiger partial charge in [0.1, 0.15) is 11.3 Å². The minimum absolute atomic E-state index is 0.0818. The second kappa shape index (κ2) is 7.65. The van der Waals surface area contributed by atoms with Crippen LogP contribution in [0, 0.1) is 6.92 Å². The van der Waals surface area contributed by atoms with Gasteiger partial charge in [-0.3, -0.25) is 10.2 Å². The summed E-state index contributed by atoms with van der Waals surface area (Å²) in [6.07, 6.45) is 0. The van der Waals surface area contributed by atoms with Crippen LogP contribution < -0.4 is 20.8 Å². The van der Waals surface area contributed by atoms with Crippen LogP contribution in [0.25, 0.3) is 0 Å². The molecule has 1 saturated heterocycles. The van der Waals surface area contributed by atoms with Gasteiger partial charge in [0.15, 0.2) is 5.11 Å². The van der Waals surface area contributed by atoms with Crippen molar-refractivity contribution in [2.24, 2.45) is 0 Å². The number of hydrazine groups is 1. The number of nitrogens with zero attached hydrogens (tertiary/aromatic N) is 1. The van der Waals surface area contributed by atoms with E-state index in [0.717, 1.165) is 10.6 Å². The van der Waals surface area contributed by atoms with Crippen LogP contribution in [0.5, 0.6) is 5.75 Å². The Morgan fingerprint density at radius 2 is 2.00 bits per heavy atom. The summed E-state index contributed by atoms with van der Waals surface area (Å²) in [4.78, 5) is 25.4. The van der Waals surface area contributed by atoms with Crippen LogP contribution in [-0.2, 0) is 10.3 Å². The number of hydrogen-bond donors (Lipinski definition) is 3. The number of rotatable bonds is 4. The minimum atomic E-state index is -1.25. The minimum Gasteiger partial charge on any atom is -0.497 e. The van der Waals surface area contributed by atoms with Gasteiger partial charge >= 0.3 is 6.03 Å². The number of thiocarbonyl (C=S) groups is 1. The van der Waals surface area contributed by atoms with Gasteiger partial charge in [-0.15, -0.1) is 0 Å². The summed E-state index contributed by atoms with van der Waals surface area (Å²) in [6, 6.07) is 11.7. The number of hydrogen-bond acceptors (Lipinski definition) is 4. The molecule has 146 valence electrons. The standard InChI is InChI=1S/C19H19ClN4O3S/c1-11-7-8-13(10-15(11)20)21-17(28)23-24-16(25)19(2,22-18(24)26)12-5-4-6-14(9-12)27-3/h4-10H,1-3H3,(H,22,26)(H2,21,23,28)/t19-/m1/s1. The Morgan fingerprint density at radius 1 is 1.25 bits per heavy atom. The van der Waals surface area contributed by atoms with E-state index in [0.29, 0.717) is 22.0 Å². The number of carbonyl (C=O) groups excluding carboxylic acids is 2. The van der Waals surface area contributed by atoms with Crippen LogP contribution in [0.2, 0.25) is 5.02 Å². The molecule has 0 radical (unpaired) electrons. The topological polar surface area (TPSA) is 82.7 Å². The second-order valence-corrected chi connectivity index (χ2v) is 7.27. The zero-order valence-corrected chi connectivity index (χ0v) is 17.1. The predicted molar refractivity (Wildman–Crippen MR) is 111 cm³/mol. The quantitative estimate of drug-likeness (QED) is 0.522. The fourth-order valence-corrected chi connectivity index (χ4v) is 3.19. The smallest absolute Gasteiger partial charge is 0.344 e. The molecule has 3 rings (SSSR count). The van der Waals surface area contributed by atoms with Crippen molar-refractivity contribution < 1.29 is 14.3 Å². The molecule has 0 unspecified atom stereocenters. The van der Waals surface area contributed by atoms with Gasteiger partial charge in [-0.05, 0) is 61.5 Å². The molecule has 2 aromatic rings. The monoisotopic (exact) mass is 418 g/mol. The molecule has 0 saturated carbocycles. The summed E-state index contributed by atoms with van der Waals surface area (Å²) in [7, 11) is 1.53. The summed E-state index contributed by atoms with van der Waals surface area (Å²) >= 11 is 11.3. The van der Waals surface area contributed by atoms with Gasteiger partial charge in [-0.25, -0.2) is 4.79 Å². The molecule has 28 heavy (non-hydrogen) atoms. The van der Waals surface area contributed by atoms with Crippen molar-refractivity contribution in [1.29, 1.82) is 0 Å². The number of halogens is 1. The molecule has 3 N–H and O–H groups in total. The first-order valence-electron chi connectivity index (χ1n) is 8.39. The maximum absolute atomic E-state index is 13.0. The molecule has 1 fully saturated rings. The molecule has 1 aliphatic heterocycles. The molecule has 0 bridgehead atoms.